The van der Waals surface area contributed by atoms with Crippen molar-refractivity contribution in [1.82, 2.24) is 9.55 Å². The van der Waals surface area contributed by atoms with Gasteiger partial charge in [0.1, 0.15) is 10.5 Å². The lowest BCUT2D eigenvalue weighted by Crippen LogP contribution is -2.23. The molecule has 3 heterocycles. The van der Waals surface area contributed by atoms with E-state index in [1.165, 1.54) is 23.1 Å². The number of furan rings is 1. The summed E-state index contributed by atoms with van der Waals surface area (Å²) >= 11 is 2.84. The van der Waals surface area contributed by atoms with Gasteiger partial charge in [-0.3, -0.25) is 9.36 Å². The van der Waals surface area contributed by atoms with Crippen molar-refractivity contribution in [3.63, 3.8) is 0 Å². The van der Waals surface area contributed by atoms with Crippen molar-refractivity contribution in [2.45, 2.75) is 17.5 Å². The number of aromatic nitrogens is 2. The monoisotopic (exact) mass is 379 g/mol. The summed E-state index contributed by atoms with van der Waals surface area (Å²) < 4.78 is 7.68. The van der Waals surface area contributed by atoms with Gasteiger partial charge in [0.25, 0.3) is 5.56 Å². The first-order chi connectivity index (χ1) is 12.8. The van der Waals surface area contributed by atoms with E-state index in [2.05, 4.69) is 11.1 Å². The highest BCUT2D eigenvalue weighted by Gasteiger charge is 2.15. The fourth-order valence-electron chi connectivity index (χ4n) is 2.63. The third kappa shape index (κ3) is 3.17. The number of rotatable bonds is 5. The molecule has 0 spiro atoms. The van der Waals surface area contributed by atoms with E-state index < -0.39 is 0 Å². The fraction of sp³-hybridized carbons (Fsp3) is 0.105. The van der Waals surface area contributed by atoms with Gasteiger partial charge in [-0.1, -0.05) is 30.0 Å². The smallest absolute Gasteiger partial charge is 0.272 e. The van der Waals surface area contributed by atoms with Crippen molar-refractivity contribution in [2.24, 2.45) is 0 Å². The van der Waals surface area contributed by atoms with Crippen LogP contribution in [0.15, 0.2) is 68.5 Å². The first kappa shape index (κ1) is 16.6. The maximum atomic E-state index is 12.9. The Kier molecular flexibility index (Phi) is 4.61. The standard InChI is InChI=1S/C19H13N3O2S2/c20-10-13-4-1-2-5-14(13)12-26-19-21-16-7-9-25-17(16)18(23)22(19)11-15-6-3-8-24-15/h1-9H,11-12H2. The van der Waals surface area contributed by atoms with Crippen LogP contribution in [0.3, 0.4) is 0 Å². The first-order valence-corrected chi connectivity index (χ1v) is 9.74. The molecule has 4 aromatic rings. The van der Waals surface area contributed by atoms with Crippen molar-refractivity contribution in [2.75, 3.05) is 0 Å². The second-order valence-corrected chi connectivity index (χ2v) is 7.42. The van der Waals surface area contributed by atoms with E-state index in [0.717, 1.165) is 5.56 Å². The van der Waals surface area contributed by atoms with Gasteiger partial charge in [-0.15, -0.1) is 11.3 Å². The van der Waals surface area contributed by atoms with Gasteiger partial charge in [0.15, 0.2) is 5.16 Å². The molecule has 4 rings (SSSR count). The summed E-state index contributed by atoms with van der Waals surface area (Å²) in [5.41, 5.74) is 2.19. The summed E-state index contributed by atoms with van der Waals surface area (Å²) in [6, 6.07) is 15.2. The Morgan fingerprint density at radius 1 is 1.23 bits per heavy atom. The highest BCUT2D eigenvalue weighted by Crippen LogP contribution is 2.25. The highest BCUT2D eigenvalue weighted by molar-refractivity contribution is 7.98. The van der Waals surface area contributed by atoms with E-state index in [9.17, 15) is 10.1 Å². The number of hydrogen-bond donors (Lipinski definition) is 0. The minimum Gasteiger partial charge on any atom is -0.467 e. The molecule has 0 N–H and O–H groups in total. The van der Waals surface area contributed by atoms with E-state index >= 15 is 0 Å². The zero-order valence-electron chi connectivity index (χ0n) is 13.6. The maximum Gasteiger partial charge on any atom is 0.272 e. The van der Waals surface area contributed by atoms with Gasteiger partial charge in [0.2, 0.25) is 0 Å². The van der Waals surface area contributed by atoms with E-state index in [1.807, 2.05) is 35.7 Å². The zero-order valence-corrected chi connectivity index (χ0v) is 15.2. The molecule has 1 aromatic carbocycles. The summed E-state index contributed by atoms with van der Waals surface area (Å²) in [6.45, 7) is 0.328. The molecule has 0 aliphatic rings. The van der Waals surface area contributed by atoms with Crippen molar-refractivity contribution in [3.05, 3.63) is 81.3 Å². The second-order valence-electron chi connectivity index (χ2n) is 5.56. The van der Waals surface area contributed by atoms with Crippen LogP contribution in [0.1, 0.15) is 16.9 Å². The quantitative estimate of drug-likeness (QED) is 0.383. The molecular formula is C19H13N3O2S2. The lowest BCUT2D eigenvalue weighted by atomic mass is 10.1. The summed E-state index contributed by atoms with van der Waals surface area (Å²) in [6.07, 6.45) is 1.59. The van der Waals surface area contributed by atoms with Gasteiger partial charge in [0, 0.05) is 5.75 Å². The molecule has 5 nitrogen and oxygen atoms in total. The van der Waals surface area contributed by atoms with E-state index in [0.29, 0.717) is 39.0 Å². The van der Waals surface area contributed by atoms with Crippen LogP contribution in [0.4, 0.5) is 0 Å². The molecule has 0 aliphatic carbocycles. The Labute approximate surface area is 157 Å². The van der Waals surface area contributed by atoms with E-state index in [4.69, 9.17) is 4.42 Å². The molecule has 26 heavy (non-hydrogen) atoms. The average molecular weight is 379 g/mol. The molecule has 0 saturated carbocycles. The third-order valence-corrected chi connectivity index (χ3v) is 5.84. The van der Waals surface area contributed by atoms with Crippen LogP contribution in [0, 0.1) is 11.3 Å². The minimum absolute atomic E-state index is 0.0718. The summed E-state index contributed by atoms with van der Waals surface area (Å²) in [4.78, 5) is 17.6. The maximum absolute atomic E-state index is 12.9. The molecule has 0 saturated heterocycles. The van der Waals surface area contributed by atoms with Gasteiger partial charge in [-0.25, -0.2) is 4.98 Å². The number of thiophene rings is 1. The van der Waals surface area contributed by atoms with Crippen molar-refractivity contribution in [3.8, 4) is 6.07 Å². The summed E-state index contributed by atoms with van der Waals surface area (Å²) in [5, 5.41) is 11.7. The second kappa shape index (κ2) is 7.20. The lowest BCUT2D eigenvalue weighted by molar-refractivity contribution is 0.477. The van der Waals surface area contributed by atoms with Crippen LogP contribution in [0.2, 0.25) is 0 Å². The van der Waals surface area contributed by atoms with Crippen molar-refractivity contribution >= 4 is 33.3 Å². The van der Waals surface area contributed by atoms with Crippen LogP contribution in [-0.4, -0.2) is 9.55 Å². The molecule has 128 valence electrons. The first-order valence-electron chi connectivity index (χ1n) is 7.87. The number of fused-ring (bicyclic) bond motifs is 1. The van der Waals surface area contributed by atoms with Crippen molar-refractivity contribution in [1.29, 1.82) is 5.26 Å². The minimum atomic E-state index is -0.0718. The number of hydrogen-bond acceptors (Lipinski definition) is 6. The Balaban J connectivity index is 1.73. The Morgan fingerprint density at radius 3 is 2.92 bits per heavy atom. The Morgan fingerprint density at radius 2 is 2.12 bits per heavy atom. The largest absolute Gasteiger partial charge is 0.467 e. The van der Waals surface area contributed by atoms with Gasteiger partial charge >= 0.3 is 0 Å². The predicted molar refractivity (Wildman–Crippen MR) is 102 cm³/mol. The molecular weight excluding hydrogens is 366 g/mol. The molecule has 0 radical (unpaired) electrons. The normalized spacial score (nSPS) is 10.9. The molecule has 0 unspecified atom stereocenters. The molecule has 0 fully saturated rings. The topological polar surface area (TPSA) is 71.8 Å². The lowest BCUT2D eigenvalue weighted by Gasteiger charge is -2.11. The van der Waals surface area contributed by atoms with Gasteiger partial charge < -0.3 is 4.42 Å². The predicted octanol–water partition coefficient (Wildman–Crippen LogP) is 4.26. The number of nitrogens with zero attached hydrogens (tertiary/aromatic N) is 3. The number of benzene rings is 1. The molecule has 7 heteroatoms. The molecule has 0 atom stereocenters. The zero-order chi connectivity index (χ0) is 17.9. The Bertz CT molecular complexity index is 1150. The molecule has 3 aromatic heterocycles. The van der Waals surface area contributed by atoms with E-state index in [-0.39, 0.29) is 5.56 Å². The molecule has 0 aliphatic heterocycles. The van der Waals surface area contributed by atoms with Gasteiger partial charge in [-0.2, -0.15) is 5.26 Å². The fourth-order valence-corrected chi connectivity index (χ4v) is 4.41. The van der Waals surface area contributed by atoms with Gasteiger partial charge in [0.05, 0.1) is 30.0 Å². The number of thioether (sulfide) groups is 1. The summed E-state index contributed by atoms with van der Waals surface area (Å²) in [7, 11) is 0. The average Bonchev–Trinajstić information content (AvgIpc) is 3.34. The SMILES string of the molecule is N#Cc1ccccc1CSc1nc2ccsc2c(=O)n1Cc1ccco1. The van der Waals surface area contributed by atoms with Crippen LogP contribution in [0.5, 0.6) is 0 Å². The summed E-state index contributed by atoms with van der Waals surface area (Å²) in [5.74, 6) is 1.26. The molecule has 0 amide bonds. The van der Waals surface area contributed by atoms with Gasteiger partial charge in [-0.05, 0) is 35.2 Å². The van der Waals surface area contributed by atoms with Crippen LogP contribution in [0.25, 0.3) is 10.2 Å². The molecule has 0 bridgehead atoms. The van der Waals surface area contributed by atoms with Crippen molar-refractivity contribution < 1.29 is 4.42 Å². The van der Waals surface area contributed by atoms with Crippen LogP contribution < -0.4 is 5.56 Å². The Hall–Kier alpha value is -2.82. The third-order valence-electron chi connectivity index (χ3n) is 3.92. The van der Waals surface area contributed by atoms with E-state index in [1.54, 1.807) is 23.0 Å². The van der Waals surface area contributed by atoms with Crippen LogP contribution in [-0.2, 0) is 12.3 Å². The van der Waals surface area contributed by atoms with Crippen LogP contribution >= 0.6 is 23.1 Å². The number of nitriles is 1. The highest BCUT2D eigenvalue weighted by atomic mass is 32.2.